The van der Waals surface area contributed by atoms with Gasteiger partial charge in [0.2, 0.25) is 11.8 Å². The number of rotatable bonds is 7. The first-order valence-electron chi connectivity index (χ1n) is 5.76. The molecule has 2 N–H and O–H groups in total. The van der Waals surface area contributed by atoms with E-state index < -0.39 is 0 Å². The van der Waals surface area contributed by atoms with E-state index in [1.54, 1.807) is 4.90 Å². The van der Waals surface area contributed by atoms with E-state index in [-0.39, 0.29) is 36.7 Å². The fraction of sp³-hybridized carbons (Fsp3) is 0.818. The van der Waals surface area contributed by atoms with Crippen LogP contribution in [0.1, 0.15) is 20.8 Å². The van der Waals surface area contributed by atoms with Crippen LogP contribution >= 0.6 is 12.4 Å². The Morgan fingerprint density at radius 3 is 2.29 bits per heavy atom. The first-order chi connectivity index (χ1) is 7.56. The third-order valence-corrected chi connectivity index (χ3v) is 2.33. The van der Waals surface area contributed by atoms with Crippen molar-refractivity contribution in [2.45, 2.75) is 20.8 Å². The number of nitrogens with one attached hydrogen (secondary N) is 2. The fourth-order valence-electron chi connectivity index (χ4n) is 1.48. The predicted octanol–water partition coefficient (Wildman–Crippen LogP) is 0.248. The Bertz CT molecular complexity index is 237. The van der Waals surface area contributed by atoms with E-state index in [9.17, 15) is 9.59 Å². The average Bonchev–Trinajstić information content (AvgIpc) is 2.25. The number of nitrogens with zero attached hydrogens (tertiary/aromatic N) is 1. The molecule has 2 amide bonds. The summed E-state index contributed by atoms with van der Waals surface area (Å²) in [5.74, 6) is -0.183. The number of hydrogen-bond donors (Lipinski definition) is 2. The smallest absolute Gasteiger partial charge is 0.239 e. The van der Waals surface area contributed by atoms with E-state index in [2.05, 4.69) is 10.6 Å². The molecule has 0 aromatic carbocycles. The van der Waals surface area contributed by atoms with E-state index in [1.807, 2.05) is 27.8 Å². The summed E-state index contributed by atoms with van der Waals surface area (Å²) in [5.41, 5.74) is 0. The number of carbonyl (C=O) groups is 2. The van der Waals surface area contributed by atoms with Crippen LogP contribution < -0.4 is 10.6 Å². The van der Waals surface area contributed by atoms with E-state index in [0.717, 1.165) is 0 Å². The van der Waals surface area contributed by atoms with Crippen LogP contribution in [0.5, 0.6) is 0 Å². The summed E-state index contributed by atoms with van der Waals surface area (Å²) >= 11 is 0. The highest BCUT2D eigenvalue weighted by atomic mass is 35.5. The van der Waals surface area contributed by atoms with Gasteiger partial charge in [-0.15, -0.1) is 12.4 Å². The Morgan fingerprint density at radius 1 is 1.29 bits per heavy atom. The Hall–Kier alpha value is -0.810. The Morgan fingerprint density at radius 2 is 1.88 bits per heavy atom. The second kappa shape index (κ2) is 10.4. The first kappa shape index (κ1) is 18.6. The molecule has 5 nitrogen and oxygen atoms in total. The van der Waals surface area contributed by atoms with Crippen molar-refractivity contribution >= 4 is 24.2 Å². The molecule has 0 fully saturated rings. The van der Waals surface area contributed by atoms with Crippen LogP contribution in [0.25, 0.3) is 0 Å². The molecule has 0 bridgehead atoms. The van der Waals surface area contributed by atoms with Gasteiger partial charge in [-0.05, 0) is 20.9 Å². The van der Waals surface area contributed by atoms with Gasteiger partial charge in [-0.3, -0.25) is 9.59 Å². The van der Waals surface area contributed by atoms with E-state index >= 15 is 0 Å². The number of carbonyl (C=O) groups excluding carboxylic acids is 2. The van der Waals surface area contributed by atoms with Crippen LogP contribution in [-0.4, -0.2) is 49.9 Å². The van der Waals surface area contributed by atoms with Crippen LogP contribution in [-0.2, 0) is 9.59 Å². The lowest BCUT2D eigenvalue weighted by atomic mass is 10.1. The van der Waals surface area contributed by atoms with Gasteiger partial charge in [-0.2, -0.15) is 0 Å². The molecule has 0 saturated heterocycles. The average molecular weight is 266 g/mol. The van der Waals surface area contributed by atoms with Gasteiger partial charge >= 0.3 is 0 Å². The minimum absolute atomic E-state index is 0. The van der Waals surface area contributed by atoms with Crippen molar-refractivity contribution in [1.82, 2.24) is 15.5 Å². The van der Waals surface area contributed by atoms with Crippen LogP contribution in [0.2, 0.25) is 0 Å². The van der Waals surface area contributed by atoms with Crippen molar-refractivity contribution in [2.75, 3.05) is 33.2 Å². The summed E-state index contributed by atoms with van der Waals surface area (Å²) in [6.07, 6.45) is 0. The summed E-state index contributed by atoms with van der Waals surface area (Å²) in [6, 6.07) is 0. The summed E-state index contributed by atoms with van der Waals surface area (Å²) in [5, 5.41) is 5.65. The zero-order valence-electron chi connectivity index (χ0n) is 11.1. The second-order valence-corrected chi connectivity index (χ2v) is 3.76. The van der Waals surface area contributed by atoms with Crippen LogP contribution in [0.4, 0.5) is 0 Å². The summed E-state index contributed by atoms with van der Waals surface area (Å²) in [6.45, 7) is 7.53. The number of halogens is 1. The molecule has 0 aliphatic rings. The zero-order valence-corrected chi connectivity index (χ0v) is 11.9. The molecule has 0 aromatic heterocycles. The maximum atomic E-state index is 11.9. The highest BCUT2D eigenvalue weighted by molar-refractivity contribution is 5.86. The monoisotopic (exact) mass is 265 g/mol. The summed E-state index contributed by atoms with van der Waals surface area (Å²) in [4.78, 5) is 24.9. The van der Waals surface area contributed by atoms with Crippen molar-refractivity contribution in [3.8, 4) is 0 Å². The van der Waals surface area contributed by atoms with Gasteiger partial charge in [0, 0.05) is 25.6 Å². The van der Waals surface area contributed by atoms with Crippen molar-refractivity contribution in [2.24, 2.45) is 5.92 Å². The molecule has 0 rings (SSSR count). The van der Waals surface area contributed by atoms with Crippen LogP contribution in [0.15, 0.2) is 0 Å². The van der Waals surface area contributed by atoms with E-state index in [0.29, 0.717) is 19.6 Å². The number of hydrogen-bond acceptors (Lipinski definition) is 3. The largest absolute Gasteiger partial charge is 0.355 e. The van der Waals surface area contributed by atoms with Gasteiger partial charge < -0.3 is 15.5 Å². The molecule has 6 heteroatoms. The molecule has 17 heavy (non-hydrogen) atoms. The molecule has 0 aliphatic carbocycles. The van der Waals surface area contributed by atoms with Gasteiger partial charge in [0.1, 0.15) is 0 Å². The fourth-order valence-corrected chi connectivity index (χ4v) is 1.48. The molecule has 0 aliphatic heterocycles. The molecule has 0 radical (unpaired) electrons. The van der Waals surface area contributed by atoms with Gasteiger partial charge in [0.15, 0.2) is 0 Å². The van der Waals surface area contributed by atoms with Crippen molar-refractivity contribution in [3.05, 3.63) is 0 Å². The summed E-state index contributed by atoms with van der Waals surface area (Å²) in [7, 11) is 1.81. The van der Waals surface area contributed by atoms with E-state index in [4.69, 9.17) is 0 Å². The SMILES string of the molecule is CCNC(=O)CN(CC)C(=O)C(C)CNC.Cl. The minimum atomic E-state index is -0.102. The number of likely N-dealkylation sites (N-methyl/N-ethyl adjacent to an activating group) is 2. The maximum absolute atomic E-state index is 11.9. The molecule has 1 atom stereocenters. The molecule has 102 valence electrons. The van der Waals surface area contributed by atoms with Crippen LogP contribution in [0.3, 0.4) is 0 Å². The Labute approximate surface area is 110 Å². The summed E-state index contributed by atoms with van der Waals surface area (Å²) < 4.78 is 0. The maximum Gasteiger partial charge on any atom is 0.239 e. The predicted molar refractivity (Wildman–Crippen MR) is 71.3 cm³/mol. The highest BCUT2D eigenvalue weighted by Crippen LogP contribution is 2.01. The molecule has 1 unspecified atom stereocenters. The van der Waals surface area contributed by atoms with Gasteiger partial charge in [0.05, 0.1) is 6.54 Å². The Balaban J connectivity index is 0. The normalized spacial score (nSPS) is 11.3. The lowest BCUT2D eigenvalue weighted by Gasteiger charge is -2.23. The van der Waals surface area contributed by atoms with Crippen LogP contribution in [0, 0.1) is 5.92 Å². The number of amides is 2. The van der Waals surface area contributed by atoms with Crippen molar-refractivity contribution in [1.29, 1.82) is 0 Å². The molecule has 0 spiro atoms. The zero-order chi connectivity index (χ0) is 12.6. The second-order valence-electron chi connectivity index (χ2n) is 3.76. The minimum Gasteiger partial charge on any atom is -0.355 e. The molecular weight excluding hydrogens is 242 g/mol. The lowest BCUT2D eigenvalue weighted by Crippen LogP contribution is -2.44. The highest BCUT2D eigenvalue weighted by Gasteiger charge is 2.20. The van der Waals surface area contributed by atoms with Crippen molar-refractivity contribution in [3.63, 3.8) is 0 Å². The van der Waals surface area contributed by atoms with Gasteiger partial charge in [-0.25, -0.2) is 0 Å². The van der Waals surface area contributed by atoms with Gasteiger partial charge in [-0.1, -0.05) is 6.92 Å². The molecule has 0 aromatic rings. The Kier molecular flexibility index (Phi) is 11.3. The first-order valence-corrected chi connectivity index (χ1v) is 5.76. The molecular formula is C11H24ClN3O2. The van der Waals surface area contributed by atoms with E-state index in [1.165, 1.54) is 0 Å². The third kappa shape index (κ3) is 7.18. The molecule has 0 heterocycles. The third-order valence-electron chi connectivity index (χ3n) is 2.33. The van der Waals surface area contributed by atoms with Crippen molar-refractivity contribution < 1.29 is 9.59 Å². The topological polar surface area (TPSA) is 61.4 Å². The lowest BCUT2D eigenvalue weighted by molar-refractivity contribution is -0.138. The standard InChI is InChI=1S/C11H23N3O2.ClH/c1-5-13-10(15)8-14(6-2)11(16)9(3)7-12-4;/h9,12H,5-8H2,1-4H3,(H,13,15);1H. The van der Waals surface area contributed by atoms with Gasteiger partial charge in [0.25, 0.3) is 0 Å². The quantitative estimate of drug-likeness (QED) is 0.694. The molecule has 0 saturated carbocycles.